The topological polar surface area (TPSA) is 0 Å². The van der Waals surface area contributed by atoms with Crippen molar-refractivity contribution >= 4 is 0 Å². The van der Waals surface area contributed by atoms with E-state index in [2.05, 4.69) is 36.5 Å². The van der Waals surface area contributed by atoms with Crippen LogP contribution in [0.1, 0.15) is 44.9 Å². The SMILES string of the molecule is C1=C\C/C=C\CCCCCC/C=C/1. The number of hydrogen-bond donors (Lipinski definition) is 0. The molecule has 0 saturated carbocycles. The highest BCUT2D eigenvalue weighted by Gasteiger charge is 1.87. The molecule has 0 radical (unpaired) electrons. The molecule has 0 aliphatic heterocycles. The van der Waals surface area contributed by atoms with Gasteiger partial charge in [0, 0.05) is 0 Å². The Balaban J connectivity index is 2.29. The zero-order valence-electron chi connectivity index (χ0n) is 8.41. The molecule has 0 aromatic rings. The Morgan fingerprint density at radius 2 is 1.23 bits per heavy atom. The van der Waals surface area contributed by atoms with Gasteiger partial charge in [0.25, 0.3) is 0 Å². The van der Waals surface area contributed by atoms with E-state index in [0.29, 0.717) is 0 Å². The lowest BCUT2D eigenvalue weighted by Crippen LogP contribution is -1.76. The minimum absolute atomic E-state index is 1.09. The average molecular weight is 176 g/mol. The van der Waals surface area contributed by atoms with Crippen molar-refractivity contribution in [3.63, 3.8) is 0 Å². The molecule has 1 aliphatic rings. The highest BCUT2D eigenvalue weighted by Crippen LogP contribution is 2.07. The van der Waals surface area contributed by atoms with E-state index in [1.54, 1.807) is 0 Å². The lowest BCUT2D eigenvalue weighted by Gasteiger charge is -1.95. The molecule has 0 heteroatoms. The molecule has 1 rings (SSSR count). The Hall–Kier alpha value is -0.780. The lowest BCUT2D eigenvalue weighted by molar-refractivity contribution is 0.652. The van der Waals surface area contributed by atoms with Crippen molar-refractivity contribution < 1.29 is 0 Å². The van der Waals surface area contributed by atoms with Crippen LogP contribution in [0, 0.1) is 0 Å². The molecule has 0 N–H and O–H groups in total. The van der Waals surface area contributed by atoms with Crippen LogP contribution >= 0.6 is 0 Å². The third-order valence-corrected chi connectivity index (χ3v) is 2.31. The van der Waals surface area contributed by atoms with Gasteiger partial charge in [0.2, 0.25) is 0 Å². The maximum Gasteiger partial charge on any atom is -0.0166 e. The quantitative estimate of drug-likeness (QED) is 0.480. The fraction of sp³-hybridized carbons (Fsp3) is 0.538. The van der Waals surface area contributed by atoms with Gasteiger partial charge in [-0.25, -0.2) is 0 Å². The summed E-state index contributed by atoms with van der Waals surface area (Å²) in [5.41, 5.74) is 0. The van der Waals surface area contributed by atoms with E-state index in [1.165, 1.54) is 38.5 Å². The second-order valence-corrected chi connectivity index (χ2v) is 3.55. The standard InChI is InChI=1S/C13H20/c1-2-4-6-8-10-12-13-11-9-7-5-3-1/h1-4,7,9H,5-6,8,10-13H2/b3-1-,4-2+,9-7-. The molecule has 0 fully saturated rings. The monoisotopic (exact) mass is 176 g/mol. The van der Waals surface area contributed by atoms with Crippen LogP contribution < -0.4 is 0 Å². The minimum atomic E-state index is 1.09. The van der Waals surface area contributed by atoms with Crippen molar-refractivity contribution in [2.75, 3.05) is 0 Å². The van der Waals surface area contributed by atoms with Gasteiger partial charge >= 0.3 is 0 Å². The molecular formula is C13H20. The van der Waals surface area contributed by atoms with Gasteiger partial charge < -0.3 is 0 Å². The van der Waals surface area contributed by atoms with E-state index in [9.17, 15) is 0 Å². The highest BCUT2D eigenvalue weighted by molar-refractivity contribution is 5.04. The number of allylic oxidation sites excluding steroid dienone is 6. The summed E-state index contributed by atoms with van der Waals surface area (Å²) in [5.74, 6) is 0. The Kier molecular flexibility index (Phi) is 6.22. The lowest BCUT2D eigenvalue weighted by atomic mass is 10.1. The van der Waals surface area contributed by atoms with Crippen LogP contribution in [0.5, 0.6) is 0 Å². The largest absolute Gasteiger partial charge is 0.0882 e. The molecule has 0 unspecified atom stereocenters. The van der Waals surface area contributed by atoms with Crippen LogP contribution in [-0.4, -0.2) is 0 Å². The van der Waals surface area contributed by atoms with E-state index >= 15 is 0 Å². The van der Waals surface area contributed by atoms with Crippen molar-refractivity contribution in [1.29, 1.82) is 0 Å². The summed E-state index contributed by atoms with van der Waals surface area (Å²) < 4.78 is 0. The zero-order chi connectivity index (χ0) is 9.19. The van der Waals surface area contributed by atoms with Gasteiger partial charge in [0.1, 0.15) is 0 Å². The Morgan fingerprint density at radius 1 is 0.538 bits per heavy atom. The number of rotatable bonds is 0. The second-order valence-electron chi connectivity index (χ2n) is 3.55. The first kappa shape index (κ1) is 10.3. The molecule has 0 bridgehead atoms. The van der Waals surface area contributed by atoms with Gasteiger partial charge in [0.05, 0.1) is 0 Å². The summed E-state index contributed by atoms with van der Waals surface area (Å²) >= 11 is 0. The van der Waals surface area contributed by atoms with E-state index in [1.807, 2.05) is 0 Å². The summed E-state index contributed by atoms with van der Waals surface area (Å²) in [6, 6.07) is 0. The van der Waals surface area contributed by atoms with Gasteiger partial charge in [-0.2, -0.15) is 0 Å². The second kappa shape index (κ2) is 7.85. The maximum atomic E-state index is 2.31. The molecule has 0 saturated heterocycles. The van der Waals surface area contributed by atoms with E-state index in [0.717, 1.165) is 6.42 Å². The summed E-state index contributed by atoms with van der Waals surface area (Å²) in [4.78, 5) is 0. The summed E-state index contributed by atoms with van der Waals surface area (Å²) in [5, 5.41) is 0. The summed E-state index contributed by atoms with van der Waals surface area (Å²) in [7, 11) is 0. The normalized spacial score (nSPS) is 27.7. The van der Waals surface area contributed by atoms with Gasteiger partial charge in [-0.05, 0) is 32.1 Å². The van der Waals surface area contributed by atoms with Crippen LogP contribution in [0.15, 0.2) is 36.5 Å². The van der Waals surface area contributed by atoms with Crippen molar-refractivity contribution in [1.82, 2.24) is 0 Å². The van der Waals surface area contributed by atoms with E-state index in [4.69, 9.17) is 0 Å². The first-order valence-electron chi connectivity index (χ1n) is 5.47. The third kappa shape index (κ3) is 6.39. The summed E-state index contributed by atoms with van der Waals surface area (Å²) in [6.45, 7) is 0. The Bertz CT molecular complexity index is 184. The third-order valence-electron chi connectivity index (χ3n) is 2.31. The first-order chi connectivity index (χ1) is 6.50. The number of hydrogen-bond acceptors (Lipinski definition) is 0. The molecule has 0 aromatic heterocycles. The molecule has 1 aliphatic carbocycles. The fourth-order valence-electron chi connectivity index (χ4n) is 1.50. The molecule has 13 heavy (non-hydrogen) atoms. The van der Waals surface area contributed by atoms with Gasteiger partial charge in [-0.3, -0.25) is 0 Å². The first-order valence-corrected chi connectivity index (χ1v) is 5.47. The molecule has 0 aromatic carbocycles. The van der Waals surface area contributed by atoms with Crippen molar-refractivity contribution in [2.45, 2.75) is 44.9 Å². The minimum Gasteiger partial charge on any atom is -0.0882 e. The zero-order valence-corrected chi connectivity index (χ0v) is 8.41. The van der Waals surface area contributed by atoms with E-state index < -0.39 is 0 Å². The van der Waals surface area contributed by atoms with Crippen LogP contribution in [0.25, 0.3) is 0 Å². The molecule has 72 valence electrons. The molecule has 0 atom stereocenters. The predicted molar refractivity (Wildman–Crippen MR) is 59.7 cm³/mol. The maximum absolute atomic E-state index is 2.31. The van der Waals surface area contributed by atoms with Crippen LogP contribution in [0.2, 0.25) is 0 Å². The predicted octanol–water partition coefficient (Wildman–Crippen LogP) is 4.40. The highest BCUT2D eigenvalue weighted by atomic mass is 13.9. The van der Waals surface area contributed by atoms with Crippen molar-refractivity contribution in [3.8, 4) is 0 Å². The van der Waals surface area contributed by atoms with Crippen molar-refractivity contribution in [3.05, 3.63) is 36.5 Å². The van der Waals surface area contributed by atoms with Crippen LogP contribution in [-0.2, 0) is 0 Å². The molecule has 0 amide bonds. The molecule has 0 spiro atoms. The van der Waals surface area contributed by atoms with Crippen LogP contribution in [0.4, 0.5) is 0 Å². The fourth-order valence-corrected chi connectivity index (χ4v) is 1.50. The van der Waals surface area contributed by atoms with Gasteiger partial charge in [0.15, 0.2) is 0 Å². The van der Waals surface area contributed by atoms with Gasteiger partial charge in [-0.15, -0.1) is 0 Å². The molecule has 0 heterocycles. The molecular weight excluding hydrogens is 156 g/mol. The average Bonchev–Trinajstić information content (AvgIpc) is 2.18. The van der Waals surface area contributed by atoms with Crippen LogP contribution in [0.3, 0.4) is 0 Å². The van der Waals surface area contributed by atoms with E-state index in [-0.39, 0.29) is 0 Å². The van der Waals surface area contributed by atoms with Gasteiger partial charge in [-0.1, -0.05) is 49.3 Å². The summed E-state index contributed by atoms with van der Waals surface area (Å²) in [6.07, 6.45) is 22.5. The van der Waals surface area contributed by atoms with Crippen molar-refractivity contribution in [2.24, 2.45) is 0 Å². The Labute approximate surface area is 82.0 Å². The molecule has 0 nitrogen and oxygen atoms in total. The smallest absolute Gasteiger partial charge is 0.0166 e. The Morgan fingerprint density at radius 3 is 2.08 bits per heavy atom.